The van der Waals surface area contributed by atoms with Crippen LogP contribution in [0.3, 0.4) is 0 Å². The molecule has 2 heterocycles. The lowest BCUT2D eigenvalue weighted by molar-refractivity contribution is -0.122. The van der Waals surface area contributed by atoms with Crippen LogP contribution < -0.4 is 4.90 Å². The van der Waals surface area contributed by atoms with E-state index < -0.39 is 0 Å². The van der Waals surface area contributed by atoms with Crippen LogP contribution in [0, 0.1) is 5.82 Å². The standard InChI is InChI=1S/C23H20BrFN2O2S2/c1-2-3-4-11-26-18-10-7-15(24)12-17(18)19(21(26)28)20-22(29)27(23(30)31-20)13-14-5-8-16(25)9-6-14/h5-10,12H,2-4,11,13H2,1H3/b20-19-. The van der Waals surface area contributed by atoms with E-state index in [1.807, 2.05) is 18.2 Å². The maximum absolute atomic E-state index is 13.4. The topological polar surface area (TPSA) is 40.6 Å². The van der Waals surface area contributed by atoms with E-state index in [1.54, 1.807) is 17.0 Å². The first-order chi connectivity index (χ1) is 14.9. The summed E-state index contributed by atoms with van der Waals surface area (Å²) in [4.78, 5) is 30.3. The van der Waals surface area contributed by atoms with E-state index in [4.69, 9.17) is 12.2 Å². The molecule has 4 nitrogen and oxygen atoms in total. The minimum atomic E-state index is -0.335. The predicted molar refractivity (Wildman–Crippen MR) is 130 cm³/mol. The lowest BCUT2D eigenvalue weighted by Gasteiger charge is -2.17. The minimum absolute atomic E-state index is 0.161. The summed E-state index contributed by atoms with van der Waals surface area (Å²) in [6.45, 7) is 2.97. The van der Waals surface area contributed by atoms with Gasteiger partial charge in [-0.1, -0.05) is 71.8 Å². The second-order valence-corrected chi connectivity index (χ2v) is 9.98. The number of carbonyl (C=O) groups excluding carboxylic acids is 2. The average molecular weight is 519 g/mol. The van der Waals surface area contributed by atoms with Gasteiger partial charge in [0.05, 0.1) is 22.7 Å². The zero-order valence-electron chi connectivity index (χ0n) is 16.9. The molecule has 0 aliphatic carbocycles. The smallest absolute Gasteiger partial charge is 0.267 e. The van der Waals surface area contributed by atoms with Crippen LogP contribution in [0.4, 0.5) is 10.1 Å². The van der Waals surface area contributed by atoms with Gasteiger partial charge in [-0.25, -0.2) is 4.39 Å². The number of nitrogens with zero attached hydrogens (tertiary/aromatic N) is 2. The number of halogens is 2. The van der Waals surface area contributed by atoms with E-state index in [0.29, 0.717) is 21.3 Å². The number of anilines is 1. The van der Waals surface area contributed by atoms with Gasteiger partial charge in [0.15, 0.2) is 0 Å². The lowest BCUT2D eigenvalue weighted by atomic mass is 10.1. The van der Waals surface area contributed by atoms with Gasteiger partial charge in [-0.2, -0.15) is 0 Å². The molecule has 0 bridgehead atoms. The summed E-state index contributed by atoms with van der Waals surface area (Å²) in [5, 5.41) is 0. The van der Waals surface area contributed by atoms with E-state index in [0.717, 1.165) is 52.3 Å². The Balaban J connectivity index is 1.69. The molecule has 1 saturated heterocycles. The molecule has 31 heavy (non-hydrogen) atoms. The Hall–Kier alpha value is -2.03. The highest BCUT2D eigenvalue weighted by Crippen LogP contribution is 2.45. The predicted octanol–water partition coefficient (Wildman–Crippen LogP) is 5.90. The first-order valence-corrected chi connectivity index (χ1v) is 12.1. The molecule has 0 atom stereocenters. The molecule has 2 amide bonds. The Bertz CT molecular complexity index is 1100. The molecule has 0 N–H and O–H groups in total. The Morgan fingerprint density at radius 3 is 2.48 bits per heavy atom. The largest absolute Gasteiger partial charge is 0.308 e. The number of fused-ring (bicyclic) bond motifs is 1. The number of thioether (sulfide) groups is 1. The molecule has 0 aromatic heterocycles. The summed E-state index contributed by atoms with van der Waals surface area (Å²) in [6.07, 6.45) is 2.99. The van der Waals surface area contributed by atoms with Gasteiger partial charge in [0.2, 0.25) is 0 Å². The highest BCUT2D eigenvalue weighted by Gasteiger charge is 2.41. The van der Waals surface area contributed by atoms with Crippen molar-refractivity contribution in [1.82, 2.24) is 4.90 Å². The third-order valence-electron chi connectivity index (χ3n) is 5.29. The highest BCUT2D eigenvalue weighted by atomic mass is 79.9. The SMILES string of the molecule is CCCCCN1C(=O)/C(=C2\SC(=S)N(Cc3ccc(F)cc3)C2=O)c2cc(Br)ccc21. The average Bonchev–Trinajstić information content (AvgIpc) is 3.17. The normalized spacial score (nSPS) is 18.4. The lowest BCUT2D eigenvalue weighted by Crippen LogP contribution is -2.29. The molecular formula is C23H20BrFN2O2S2. The molecule has 2 aliphatic rings. The molecule has 1 fully saturated rings. The molecule has 0 saturated carbocycles. The van der Waals surface area contributed by atoms with Crippen LogP contribution in [-0.4, -0.2) is 27.6 Å². The number of hydrogen-bond donors (Lipinski definition) is 0. The van der Waals surface area contributed by atoms with Gasteiger partial charge in [0, 0.05) is 16.6 Å². The van der Waals surface area contributed by atoms with Gasteiger partial charge in [-0.05, 0) is 42.3 Å². The van der Waals surface area contributed by atoms with Crippen molar-refractivity contribution in [3.63, 3.8) is 0 Å². The Labute approximate surface area is 198 Å². The van der Waals surface area contributed by atoms with Crippen LogP contribution in [0.25, 0.3) is 5.57 Å². The van der Waals surface area contributed by atoms with E-state index in [2.05, 4.69) is 22.9 Å². The Morgan fingerprint density at radius 2 is 1.77 bits per heavy atom. The Kier molecular flexibility index (Phi) is 6.60. The molecule has 2 aromatic rings. The molecule has 2 aromatic carbocycles. The summed E-state index contributed by atoms with van der Waals surface area (Å²) >= 11 is 10.1. The summed E-state index contributed by atoms with van der Waals surface area (Å²) in [5.41, 5.74) is 2.75. The highest BCUT2D eigenvalue weighted by molar-refractivity contribution is 9.10. The van der Waals surface area contributed by atoms with Crippen molar-refractivity contribution in [1.29, 1.82) is 0 Å². The van der Waals surface area contributed by atoms with E-state index in [-0.39, 0.29) is 24.2 Å². The summed E-state index contributed by atoms with van der Waals surface area (Å²) in [7, 11) is 0. The molecule has 2 aliphatic heterocycles. The fourth-order valence-electron chi connectivity index (χ4n) is 3.72. The van der Waals surface area contributed by atoms with Crippen LogP contribution in [0.1, 0.15) is 37.3 Å². The minimum Gasteiger partial charge on any atom is -0.308 e. The van der Waals surface area contributed by atoms with Crippen molar-refractivity contribution in [2.45, 2.75) is 32.7 Å². The van der Waals surface area contributed by atoms with E-state index in [9.17, 15) is 14.0 Å². The van der Waals surface area contributed by atoms with Crippen molar-refractivity contribution in [3.8, 4) is 0 Å². The fourth-order valence-corrected chi connectivity index (χ4v) is 5.41. The molecule has 160 valence electrons. The fraction of sp³-hybridized carbons (Fsp3) is 0.261. The third kappa shape index (κ3) is 4.33. The maximum Gasteiger partial charge on any atom is 0.267 e. The van der Waals surface area contributed by atoms with E-state index >= 15 is 0 Å². The first kappa shape index (κ1) is 22.2. The summed E-state index contributed by atoms with van der Waals surface area (Å²) in [6, 6.07) is 11.7. The summed E-state index contributed by atoms with van der Waals surface area (Å²) in [5.74, 6) is -0.784. The van der Waals surface area contributed by atoms with E-state index in [1.165, 1.54) is 17.0 Å². The van der Waals surface area contributed by atoms with Crippen molar-refractivity contribution in [3.05, 3.63) is 68.8 Å². The number of unbranched alkanes of at least 4 members (excludes halogenated alkanes) is 2. The number of amides is 2. The van der Waals surface area contributed by atoms with Gasteiger partial charge >= 0.3 is 0 Å². The van der Waals surface area contributed by atoms with Crippen LogP contribution in [0.2, 0.25) is 0 Å². The van der Waals surface area contributed by atoms with Gasteiger partial charge in [-0.3, -0.25) is 14.5 Å². The molecule has 8 heteroatoms. The van der Waals surface area contributed by atoms with Crippen LogP contribution in [0.5, 0.6) is 0 Å². The van der Waals surface area contributed by atoms with Gasteiger partial charge in [0.1, 0.15) is 10.1 Å². The molecule has 0 radical (unpaired) electrons. The molecule has 0 unspecified atom stereocenters. The molecular weight excluding hydrogens is 499 g/mol. The number of benzene rings is 2. The zero-order valence-corrected chi connectivity index (χ0v) is 20.1. The van der Waals surface area contributed by atoms with Crippen molar-refractivity contribution >= 4 is 67.3 Å². The second-order valence-electron chi connectivity index (χ2n) is 7.42. The Morgan fingerprint density at radius 1 is 1.03 bits per heavy atom. The third-order valence-corrected chi connectivity index (χ3v) is 7.23. The molecule has 0 spiro atoms. The first-order valence-electron chi connectivity index (χ1n) is 10.0. The van der Waals surface area contributed by atoms with Crippen molar-refractivity contribution in [2.75, 3.05) is 11.4 Å². The zero-order chi connectivity index (χ0) is 22.1. The van der Waals surface area contributed by atoms with Gasteiger partial charge < -0.3 is 4.90 Å². The van der Waals surface area contributed by atoms with Crippen molar-refractivity contribution in [2.24, 2.45) is 0 Å². The second kappa shape index (κ2) is 9.22. The van der Waals surface area contributed by atoms with Gasteiger partial charge in [0.25, 0.3) is 11.8 Å². The quantitative estimate of drug-likeness (QED) is 0.271. The van der Waals surface area contributed by atoms with Crippen LogP contribution >= 0.6 is 39.9 Å². The van der Waals surface area contributed by atoms with Crippen LogP contribution in [-0.2, 0) is 16.1 Å². The van der Waals surface area contributed by atoms with Crippen LogP contribution in [0.15, 0.2) is 51.8 Å². The summed E-state index contributed by atoms with van der Waals surface area (Å²) < 4.78 is 14.5. The maximum atomic E-state index is 13.4. The monoisotopic (exact) mass is 518 g/mol. The number of rotatable bonds is 6. The number of hydrogen-bond acceptors (Lipinski definition) is 4. The van der Waals surface area contributed by atoms with Gasteiger partial charge in [-0.15, -0.1) is 0 Å². The van der Waals surface area contributed by atoms with Crippen molar-refractivity contribution < 1.29 is 14.0 Å². The number of thiocarbonyl (C=S) groups is 1. The number of carbonyl (C=O) groups is 2. The molecule has 4 rings (SSSR count).